The lowest BCUT2D eigenvalue weighted by Gasteiger charge is -2.26. The number of likely N-dealkylation sites (N-methyl/N-ethyl adjacent to an activating group) is 1. The summed E-state index contributed by atoms with van der Waals surface area (Å²) in [6.45, 7) is 1.94. The number of hydrogen-bond acceptors (Lipinski definition) is 4. The second kappa shape index (κ2) is 8.35. The maximum absolute atomic E-state index is 13.1. The number of hydrogen-bond donors (Lipinski definition) is 0. The van der Waals surface area contributed by atoms with Gasteiger partial charge in [0.15, 0.2) is 0 Å². The van der Waals surface area contributed by atoms with Crippen molar-refractivity contribution in [1.82, 2.24) is 24.0 Å². The molecule has 164 valence electrons. The Labute approximate surface area is 190 Å². The van der Waals surface area contributed by atoms with Gasteiger partial charge in [-0.3, -0.25) is 18.7 Å². The molecule has 0 fully saturated rings. The van der Waals surface area contributed by atoms with E-state index in [1.165, 1.54) is 10.8 Å². The first-order valence-electron chi connectivity index (χ1n) is 10.8. The molecule has 2 heterocycles. The van der Waals surface area contributed by atoms with Crippen molar-refractivity contribution in [3.05, 3.63) is 101 Å². The van der Waals surface area contributed by atoms with Crippen LogP contribution in [0.2, 0.25) is 0 Å². The monoisotopic (exact) mass is 437 g/mol. The highest BCUT2D eigenvalue weighted by molar-refractivity contribution is 5.80. The van der Waals surface area contributed by atoms with Crippen LogP contribution in [0.4, 0.5) is 0 Å². The SMILES string of the molecule is CC(c1ccc(-n2cnc3ccccc32)cc1)N(C)C(=O)Cn1c(=O)cnc2ccccc21. The fourth-order valence-corrected chi connectivity index (χ4v) is 4.04. The number of fused-ring (bicyclic) bond motifs is 2. The maximum Gasteiger partial charge on any atom is 0.269 e. The molecule has 0 aliphatic heterocycles. The quantitative estimate of drug-likeness (QED) is 0.417. The molecule has 0 spiro atoms. The van der Waals surface area contributed by atoms with Gasteiger partial charge in [0.2, 0.25) is 5.91 Å². The molecule has 1 unspecified atom stereocenters. The van der Waals surface area contributed by atoms with E-state index in [1.807, 2.05) is 84.5 Å². The molecule has 7 nitrogen and oxygen atoms in total. The van der Waals surface area contributed by atoms with Crippen LogP contribution >= 0.6 is 0 Å². The number of aromatic nitrogens is 4. The number of benzene rings is 3. The lowest BCUT2D eigenvalue weighted by molar-refractivity contribution is -0.132. The van der Waals surface area contributed by atoms with Crippen molar-refractivity contribution in [1.29, 1.82) is 0 Å². The summed E-state index contributed by atoms with van der Waals surface area (Å²) in [6, 6.07) is 23.3. The van der Waals surface area contributed by atoms with Crippen LogP contribution in [0.15, 0.2) is 90.1 Å². The van der Waals surface area contributed by atoms with Gasteiger partial charge in [0.25, 0.3) is 5.56 Å². The predicted octanol–water partition coefficient (Wildman–Crippen LogP) is 3.96. The van der Waals surface area contributed by atoms with Gasteiger partial charge in [0.05, 0.1) is 34.3 Å². The Morgan fingerprint density at radius 2 is 1.55 bits per heavy atom. The van der Waals surface area contributed by atoms with Crippen LogP contribution in [-0.4, -0.2) is 37.0 Å². The molecule has 0 N–H and O–H groups in total. The second-order valence-corrected chi connectivity index (χ2v) is 8.05. The van der Waals surface area contributed by atoms with Gasteiger partial charge in [-0.25, -0.2) is 9.97 Å². The van der Waals surface area contributed by atoms with Gasteiger partial charge in [0, 0.05) is 12.7 Å². The van der Waals surface area contributed by atoms with E-state index >= 15 is 0 Å². The summed E-state index contributed by atoms with van der Waals surface area (Å²) in [5, 5.41) is 0. The Morgan fingerprint density at radius 3 is 2.27 bits per heavy atom. The Bertz CT molecular complexity index is 1520. The van der Waals surface area contributed by atoms with E-state index in [2.05, 4.69) is 9.97 Å². The van der Waals surface area contributed by atoms with Crippen LogP contribution in [0.1, 0.15) is 18.5 Å². The summed E-state index contributed by atoms with van der Waals surface area (Å²) in [5.41, 5.74) is 5.04. The largest absolute Gasteiger partial charge is 0.337 e. The molecule has 0 aliphatic carbocycles. The lowest BCUT2D eigenvalue weighted by Crippen LogP contribution is -2.35. The molecule has 0 radical (unpaired) electrons. The second-order valence-electron chi connectivity index (χ2n) is 8.05. The Morgan fingerprint density at radius 1 is 0.909 bits per heavy atom. The molecule has 0 bridgehead atoms. The third-order valence-corrected chi connectivity index (χ3v) is 6.13. The zero-order valence-electron chi connectivity index (χ0n) is 18.4. The first-order chi connectivity index (χ1) is 16.0. The highest BCUT2D eigenvalue weighted by atomic mass is 16.2. The molecule has 0 saturated carbocycles. The van der Waals surface area contributed by atoms with Crippen molar-refractivity contribution in [3.8, 4) is 5.69 Å². The summed E-state index contributed by atoms with van der Waals surface area (Å²) in [7, 11) is 1.76. The molecule has 33 heavy (non-hydrogen) atoms. The van der Waals surface area contributed by atoms with Crippen molar-refractivity contribution in [2.45, 2.75) is 19.5 Å². The van der Waals surface area contributed by atoms with Crippen molar-refractivity contribution < 1.29 is 4.79 Å². The van der Waals surface area contributed by atoms with Gasteiger partial charge >= 0.3 is 0 Å². The van der Waals surface area contributed by atoms with E-state index in [0.717, 1.165) is 22.3 Å². The van der Waals surface area contributed by atoms with Gasteiger partial charge in [-0.05, 0) is 48.9 Å². The summed E-state index contributed by atoms with van der Waals surface area (Å²) >= 11 is 0. The molecule has 1 amide bonds. The van der Waals surface area contributed by atoms with Crippen LogP contribution in [0.3, 0.4) is 0 Å². The summed E-state index contributed by atoms with van der Waals surface area (Å²) < 4.78 is 3.51. The minimum Gasteiger partial charge on any atom is -0.337 e. The summed E-state index contributed by atoms with van der Waals surface area (Å²) in [6.07, 6.45) is 3.08. The van der Waals surface area contributed by atoms with Gasteiger partial charge in [-0.15, -0.1) is 0 Å². The standard InChI is InChI=1S/C26H23N5O2/c1-18(19-11-13-20(14-12-19)31-17-28-22-8-4-6-10-24(22)31)29(2)26(33)16-30-23-9-5-3-7-21(23)27-15-25(30)32/h3-15,17-18H,16H2,1-2H3. The normalized spacial score (nSPS) is 12.2. The Hall–Kier alpha value is -4.26. The maximum atomic E-state index is 13.1. The number of para-hydroxylation sites is 4. The highest BCUT2D eigenvalue weighted by Gasteiger charge is 2.19. The van der Waals surface area contributed by atoms with Crippen LogP contribution in [0.5, 0.6) is 0 Å². The summed E-state index contributed by atoms with van der Waals surface area (Å²) in [4.78, 5) is 35.7. The van der Waals surface area contributed by atoms with E-state index in [0.29, 0.717) is 11.0 Å². The smallest absolute Gasteiger partial charge is 0.269 e. The van der Waals surface area contributed by atoms with Crippen LogP contribution < -0.4 is 5.56 Å². The van der Waals surface area contributed by atoms with E-state index in [-0.39, 0.29) is 24.1 Å². The topological polar surface area (TPSA) is 73.0 Å². The van der Waals surface area contributed by atoms with Crippen LogP contribution in [0, 0.1) is 0 Å². The number of imidazole rings is 1. The third-order valence-electron chi connectivity index (χ3n) is 6.13. The highest BCUT2D eigenvalue weighted by Crippen LogP contribution is 2.23. The number of rotatable bonds is 5. The van der Waals surface area contributed by atoms with Crippen LogP contribution in [-0.2, 0) is 11.3 Å². The average Bonchev–Trinajstić information content (AvgIpc) is 3.29. The van der Waals surface area contributed by atoms with Crippen molar-refractivity contribution in [2.24, 2.45) is 0 Å². The molecule has 5 aromatic rings. The lowest BCUT2D eigenvalue weighted by atomic mass is 10.1. The number of carbonyl (C=O) groups is 1. The van der Waals surface area contributed by atoms with Crippen LogP contribution in [0.25, 0.3) is 27.8 Å². The van der Waals surface area contributed by atoms with Gasteiger partial charge in [-0.1, -0.05) is 36.4 Å². The van der Waals surface area contributed by atoms with Gasteiger partial charge in [0.1, 0.15) is 12.9 Å². The molecule has 1 atom stereocenters. The van der Waals surface area contributed by atoms with Crippen molar-refractivity contribution >= 4 is 28.0 Å². The van der Waals surface area contributed by atoms with E-state index in [4.69, 9.17) is 0 Å². The molecule has 5 rings (SSSR count). The fraction of sp³-hybridized carbons (Fsp3) is 0.154. The molecule has 3 aromatic carbocycles. The third kappa shape index (κ3) is 3.78. The predicted molar refractivity (Wildman–Crippen MR) is 128 cm³/mol. The molecule has 7 heteroatoms. The molecule has 0 aliphatic rings. The minimum absolute atomic E-state index is 0.0399. The molecular weight excluding hydrogens is 414 g/mol. The average molecular weight is 438 g/mol. The van der Waals surface area contributed by atoms with Gasteiger partial charge < -0.3 is 4.90 Å². The molecule has 0 saturated heterocycles. The summed E-state index contributed by atoms with van der Waals surface area (Å²) in [5.74, 6) is -0.148. The first-order valence-corrected chi connectivity index (χ1v) is 10.8. The van der Waals surface area contributed by atoms with Crippen molar-refractivity contribution in [2.75, 3.05) is 7.05 Å². The Kier molecular flexibility index (Phi) is 5.22. The van der Waals surface area contributed by atoms with E-state index in [9.17, 15) is 9.59 Å². The minimum atomic E-state index is -0.292. The first kappa shape index (κ1) is 20.6. The van der Waals surface area contributed by atoms with E-state index < -0.39 is 0 Å². The van der Waals surface area contributed by atoms with E-state index in [1.54, 1.807) is 18.0 Å². The number of amides is 1. The molecular formula is C26H23N5O2. The van der Waals surface area contributed by atoms with Crippen molar-refractivity contribution in [3.63, 3.8) is 0 Å². The zero-order chi connectivity index (χ0) is 22.9. The number of carbonyl (C=O) groups excluding carboxylic acids is 1. The molecule has 2 aromatic heterocycles. The fourth-order valence-electron chi connectivity index (χ4n) is 4.04. The van der Waals surface area contributed by atoms with Gasteiger partial charge in [-0.2, -0.15) is 0 Å². The zero-order valence-corrected chi connectivity index (χ0v) is 18.4. The Balaban J connectivity index is 1.36. The number of nitrogens with zero attached hydrogens (tertiary/aromatic N) is 5.